The third kappa shape index (κ3) is 62.1. The minimum absolute atomic E-state index is 0.0702. The third-order valence-electron chi connectivity index (χ3n) is 14.8. The van der Waals surface area contributed by atoms with E-state index in [1.165, 1.54) is 244 Å². The van der Waals surface area contributed by atoms with Crippen molar-refractivity contribution in [1.29, 1.82) is 0 Å². The van der Waals surface area contributed by atoms with Crippen LogP contribution in [0.15, 0.2) is 48.6 Å². The summed E-state index contributed by atoms with van der Waals surface area (Å²) in [5.74, 6) is -0.855. The van der Waals surface area contributed by atoms with Crippen molar-refractivity contribution in [2.24, 2.45) is 0 Å². The molecule has 6 nitrogen and oxygen atoms in total. The van der Waals surface area contributed by atoms with E-state index in [2.05, 4.69) is 69.4 Å². The van der Waals surface area contributed by atoms with Gasteiger partial charge < -0.3 is 14.2 Å². The molecule has 0 fully saturated rings. The van der Waals surface area contributed by atoms with Crippen LogP contribution in [0.25, 0.3) is 0 Å². The Morgan fingerprint density at radius 1 is 0.267 bits per heavy atom. The van der Waals surface area contributed by atoms with Crippen molar-refractivity contribution in [2.75, 3.05) is 13.2 Å². The summed E-state index contributed by atoms with van der Waals surface area (Å²) in [5.41, 5.74) is 0. The predicted octanol–water partition coefficient (Wildman–Crippen LogP) is 22.6. The molecule has 1 atom stereocenters. The number of esters is 3. The highest BCUT2D eigenvalue weighted by Crippen LogP contribution is 2.17. The van der Waals surface area contributed by atoms with E-state index in [-0.39, 0.29) is 31.1 Å². The Morgan fingerprint density at radius 2 is 0.480 bits per heavy atom. The van der Waals surface area contributed by atoms with Gasteiger partial charge in [-0.25, -0.2) is 0 Å². The monoisotopic (exact) mass is 1050 g/mol. The summed E-state index contributed by atoms with van der Waals surface area (Å²) in [6.45, 7) is 6.65. The van der Waals surface area contributed by atoms with E-state index in [4.69, 9.17) is 14.2 Å². The van der Waals surface area contributed by atoms with E-state index in [1.807, 2.05) is 0 Å². The Hall–Kier alpha value is -2.63. The van der Waals surface area contributed by atoms with Crippen LogP contribution in [0, 0.1) is 0 Å². The van der Waals surface area contributed by atoms with Crippen LogP contribution in [0.2, 0.25) is 0 Å². The average Bonchev–Trinajstić information content (AvgIpc) is 3.41. The second kappa shape index (κ2) is 63.9. The lowest BCUT2D eigenvalue weighted by Crippen LogP contribution is -2.30. The molecule has 0 rings (SSSR count). The fraction of sp³-hybridized carbons (Fsp3) is 0.841. The molecule has 1 unspecified atom stereocenters. The molecule has 0 bridgehead atoms. The lowest BCUT2D eigenvalue weighted by molar-refractivity contribution is -0.167. The lowest BCUT2D eigenvalue weighted by Gasteiger charge is -2.18. The molecule has 6 heteroatoms. The minimum atomic E-state index is -0.772. The van der Waals surface area contributed by atoms with Crippen LogP contribution in [0.3, 0.4) is 0 Å². The molecular weight excluding hydrogens is 925 g/mol. The fourth-order valence-corrected chi connectivity index (χ4v) is 9.80. The van der Waals surface area contributed by atoms with E-state index in [0.717, 1.165) is 70.6 Å². The Bertz CT molecular complexity index is 1300. The number of hydrogen-bond donors (Lipinski definition) is 0. The van der Waals surface area contributed by atoms with Gasteiger partial charge in [-0.15, -0.1) is 0 Å². The lowest BCUT2D eigenvalue weighted by atomic mass is 10.0. The maximum absolute atomic E-state index is 12.9. The molecule has 0 aromatic heterocycles. The van der Waals surface area contributed by atoms with Gasteiger partial charge in [0.2, 0.25) is 0 Å². The van der Waals surface area contributed by atoms with Crippen LogP contribution in [-0.2, 0) is 28.6 Å². The van der Waals surface area contributed by atoms with Crippen LogP contribution in [0.1, 0.15) is 355 Å². The molecule has 0 aromatic rings. The standard InChI is InChI=1S/C69H126O6/c1-4-7-10-13-16-19-21-23-25-27-29-31-33-34-36-37-39-41-43-45-47-50-53-56-59-62-68(71)74-65-66(64-73-67(70)61-58-55-52-49-18-15-12-9-6-3)75-69(72)63-60-57-54-51-48-46-44-42-40-38-35-32-30-28-26-24-22-20-17-14-11-8-5-2/h21-24,27-30,66H,4-20,25-26,31-65H2,1-3H3/b23-21-,24-22-,29-27-,30-28-. The molecule has 75 heavy (non-hydrogen) atoms. The van der Waals surface area contributed by atoms with Crippen LogP contribution in [0.4, 0.5) is 0 Å². The first-order valence-corrected chi connectivity index (χ1v) is 33.1. The molecule has 0 spiro atoms. The molecule has 0 aliphatic rings. The number of allylic oxidation sites excluding steroid dienone is 8. The Balaban J connectivity index is 4.17. The molecule has 0 radical (unpaired) electrons. The Morgan fingerprint density at radius 3 is 0.733 bits per heavy atom. The summed E-state index contributed by atoms with van der Waals surface area (Å²) in [7, 11) is 0. The smallest absolute Gasteiger partial charge is 0.306 e. The molecule has 0 N–H and O–H groups in total. The molecule has 0 amide bonds. The molecular formula is C69H126O6. The number of carbonyl (C=O) groups excluding carboxylic acids is 3. The maximum atomic E-state index is 12.9. The van der Waals surface area contributed by atoms with Gasteiger partial charge in [-0.2, -0.15) is 0 Å². The van der Waals surface area contributed by atoms with Gasteiger partial charge in [0, 0.05) is 19.3 Å². The van der Waals surface area contributed by atoms with Crippen molar-refractivity contribution in [1.82, 2.24) is 0 Å². The van der Waals surface area contributed by atoms with Gasteiger partial charge in [0.1, 0.15) is 13.2 Å². The molecule has 0 heterocycles. The highest BCUT2D eigenvalue weighted by Gasteiger charge is 2.19. The van der Waals surface area contributed by atoms with Crippen molar-refractivity contribution < 1.29 is 28.6 Å². The molecule has 0 saturated carbocycles. The largest absolute Gasteiger partial charge is 0.462 e. The first kappa shape index (κ1) is 72.4. The second-order valence-electron chi connectivity index (χ2n) is 22.4. The van der Waals surface area contributed by atoms with E-state index in [0.29, 0.717) is 19.3 Å². The van der Waals surface area contributed by atoms with Crippen molar-refractivity contribution in [3.05, 3.63) is 48.6 Å². The van der Waals surface area contributed by atoms with Gasteiger partial charge in [-0.1, -0.05) is 301 Å². The van der Waals surface area contributed by atoms with Crippen LogP contribution in [0.5, 0.6) is 0 Å². The van der Waals surface area contributed by atoms with E-state index in [9.17, 15) is 14.4 Å². The first-order chi connectivity index (χ1) is 37.0. The zero-order valence-electron chi connectivity index (χ0n) is 50.3. The van der Waals surface area contributed by atoms with Crippen LogP contribution < -0.4 is 0 Å². The molecule has 0 aromatic carbocycles. The molecule has 0 aliphatic heterocycles. The minimum Gasteiger partial charge on any atom is -0.462 e. The van der Waals surface area contributed by atoms with E-state index in [1.54, 1.807) is 0 Å². The first-order valence-electron chi connectivity index (χ1n) is 33.1. The third-order valence-corrected chi connectivity index (χ3v) is 14.8. The summed E-state index contributed by atoms with van der Waals surface area (Å²) < 4.78 is 16.9. The number of unbranched alkanes of at least 4 members (excludes halogenated alkanes) is 42. The van der Waals surface area contributed by atoms with Gasteiger partial charge >= 0.3 is 17.9 Å². The highest BCUT2D eigenvalue weighted by atomic mass is 16.6. The SMILES string of the molecule is CCCCCCC/C=C\C/C=C\CCCCCCCCCCCCCCCC(=O)OCC(COC(=O)CCCCCCCCCCC)OC(=O)CCCCCCCCCCCCC/C=C\C/C=C\CCCCCCC. The van der Waals surface area contributed by atoms with E-state index >= 15 is 0 Å². The fourth-order valence-electron chi connectivity index (χ4n) is 9.80. The zero-order chi connectivity index (χ0) is 54.3. The van der Waals surface area contributed by atoms with Gasteiger partial charge in [-0.05, 0) is 83.5 Å². The number of hydrogen-bond acceptors (Lipinski definition) is 6. The number of carbonyl (C=O) groups is 3. The van der Waals surface area contributed by atoms with Gasteiger partial charge in [-0.3, -0.25) is 14.4 Å². The summed E-state index contributed by atoms with van der Waals surface area (Å²) in [6.07, 6.45) is 79.9. The quantitative estimate of drug-likeness (QED) is 0.0261. The second-order valence-corrected chi connectivity index (χ2v) is 22.4. The summed E-state index contributed by atoms with van der Waals surface area (Å²) in [4.78, 5) is 38.2. The van der Waals surface area contributed by atoms with Crippen molar-refractivity contribution in [3.8, 4) is 0 Å². The van der Waals surface area contributed by atoms with Gasteiger partial charge in [0.25, 0.3) is 0 Å². The number of ether oxygens (including phenoxy) is 3. The highest BCUT2D eigenvalue weighted by molar-refractivity contribution is 5.71. The van der Waals surface area contributed by atoms with Crippen LogP contribution in [-0.4, -0.2) is 37.2 Å². The van der Waals surface area contributed by atoms with Crippen molar-refractivity contribution >= 4 is 17.9 Å². The topological polar surface area (TPSA) is 78.9 Å². The maximum Gasteiger partial charge on any atom is 0.306 e. The van der Waals surface area contributed by atoms with Crippen LogP contribution >= 0.6 is 0 Å². The predicted molar refractivity (Wildman–Crippen MR) is 325 cm³/mol. The summed E-state index contributed by atoms with van der Waals surface area (Å²) in [6, 6.07) is 0. The number of rotatable bonds is 61. The summed E-state index contributed by atoms with van der Waals surface area (Å²) >= 11 is 0. The van der Waals surface area contributed by atoms with Crippen molar-refractivity contribution in [3.63, 3.8) is 0 Å². The van der Waals surface area contributed by atoms with Gasteiger partial charge in [0.05, 0.1) is 0 Å². The molecule has 0 aliphatic carbocycles. The zero-order valence-corrected chi connectivity index (χ0v) is 50.3. The van der Waals surface area contributed by atoms with Gasteiger partial charge in [0.15, 0.2) is 6.10 Å². The summed E-state index contributed by atoms with van der Waals surface area (Å²) in [5, 5.41) is 0. The Labute approximate surface area is 467 Å². The average molecular weight is 1050 g/mol. The van der Waals surface area contributed by atoms with E-state index < -0.39 is 6.10 Å². The molecule has 438 valence electrons. The Kier molecular flexibility index (Phi) is 61.7. The molecule has 0 saturated heterocycles. The van der Waals surface area contributed by atoms with Crippen molar-refractivity contribution in [2.45, 2.75) is 361 Å². The normalized spacial score (nSPS) is 12.3.